The second kappa shape index (κ2) is 21.4. The number of halogens is 5. The fourth-order valence-corrected chi connectivity index (χ4v) is 5.01. The van der Waals surface area contributed by atoms with E-state index in [1.165, 1.54) is 6.08 Å². The monoisotopic (exact) mass is 765 g/mol. The molecule has 2 aromatic rings. The zero-order valence-electron chi connectivity index (χ0n) is 26.5. The van der Waals surface area contributed by atoms with Gasteiger partial charge in [0.05, 0.1) is 21.9 Å². The highest BCUT2D eigenvalue weighted by atomic mass is 79.9. The van der Waals surface area contributed by atoms with E-state index in [0.717, 1.165) is 61.9 Å². The largest absolute Gasteiger partial charge is 0.436 e. The number of terminal acetylenes is 1. The summed E-state index contributed by atoms with van der Waals surface area (Å²) in [5.41, 5.74) is 3.93. The standard InChI is InChI=1S/C16H15Br2N3O.C14H17F3N2O.C2H6.C2H2/c1-3-11(5-4-6-20-2)16-21-13-8-10(9-19)7-12(15(17)18)14(13)22-16;15-14(16,17)12-2-1-3-13(5-4-12)19-8-6-18(7-9-19)10-11-20;2*1-2/h3-5,7-8,15,20H,6H2,1-2H3;1,3-5,11H,2,6-10H2;1-2H3;1-2H/b5-4-,11-3+;;;. The number of nitriles is 1. The van der Waals surface area contributed by atoms with E-state index in [1.807, 2.05) is 55.8 Å². The number of allylic oxidation sites excluding steroid dienone is 8. The Balaban J connectivity index is 0.000000417. The van der Waals surface area contributed by atoms with E-state index in [-0.39, 0.29) is 10.2 Å². The van der Waals surface area contributed by atoms with Gasteiger partial charge in [-0.25, -0.2) is 4.98 Å². The molecule has 248 valence electrons. The topological polar surface area (TPSA) is 85.4 Å². The molecular weight excluding hydrogens is 727 g/mol. The summed E-state index contributed by atoms with van der Waals surface area (Å²) in [6, 6.07) is 5.67. The van der Waals surface area contributed by atoms with E-state index >= 15 is 0 Å². The number of carbonyl (C=O) groups excluding carboxylic acids is 1. The summed E-state index contributed by atoms with van der Waals surface area (Å²) in [6.45, 7) is 10.1. The van der Waals surface area contributed by atoms with E-state index in [0.29, 0.717) is 29.1 Å². The van der Waals surface area contributed by atoms with Crippen molar-refractivity contribution in [2.24, 2.45) is 0 Å². The van der Waals surface area contributed by atoms with Gasteiger partial charge < -0.3 is 19.4 Å². The van der Waals surface area contributed by atoms with Crippen LogP contribution in [0, 0.1) is 24.2 Å². The van der Waals surface area contributed by atoms with Crippen LogP contribution < -0.4 is 5.32 Å². The number of benzene rings is 1. The molecule has 1 fully saturated rings. The molecule has 0 amide bonds. The Morgan fingerprint density at radius 1 is 1.20 bits per heavy atom. The van der Waals surface area contributed by atoms with Crippen LogP contribution >= 0.6 is 31.9 Å². The SMILES string of the molecule is C#C.C/C=C(\C=C/CNC)c1nc2cc(C#N)cc(C(Br)Br)c2o1.CC.O=CCN1CCN(C2=CC=C(C(F)(F)F)CC=C2)CC1. The zero-order valence-corrected chi connectivity index (χ0v) is 29.6. The van der Waals surface area contributed by atoms with Crippen LogP contribution in [0.2, 0.25) is 0 Å². The number of piperazine rings is 1. The Morgan fingerprint density at radius 3 is 2.41 bits per heavy atom. The Kier molecular flexibility index (Phi) is 18.9. The minimum atomic E-state index is -4.26. The molecular formula is C34H40Br2F3N5O2. The molecule has 2 aliphatic rings. The number of hydrogen-bond acceptors (Lipinski definition) is 7. The average Bonchev–Trinajstić information content (AvgIpc) is 3.32. The molecule has 0 atom stereocenters. The Morgan fingerprint density at radius 2 is 1.87 bits per heavy atom. The van der Waals surface area contributed by atoms with Crippen molar-refractivity contribution in [1.29, 1.82) is 5.26 Å². The van der Waals surface area contributed by atoms with Gasteiger partial charge in [-0.05, 0) is 44.7 Å². The molecule has 0 bridgehead atoms. The summed E-state index contributed by atoms with van der Waals surface area (Å²) < 4.78 is 43.7. The van der Waals surface area contributed by atoms with Crippen LogP contribution in [0.5, 0.6) is 0 Å². The lowest BCUT2D eigenvalue weighted by molar-refractivity contribution is -0.109. The normalized spacial score (nSPS) is 15.4. The van der Waals surface area contributed by atoms with Crippen molar-refractivity contribution in [2.75, 3.05) is 46.3 Å². The minimum absolute atomic E-state index is 0.0887. The summed E-state index contributed by atoms with van der Waals surface area (Å²) in [6.07, 6.45) is 16.4. The molecule has 1 N–H and O–H groups in total. The smallest absolute Gasteiger partial charge is 0.412 e. The molecule has 1 aliphatic heterocycles. The molecule has 1 saturated heterocycles. The fourth-order valence-electron chi connectivity index (χ4n) is 4.33. The van der Waals surface area contributed by atoms with Gasteiger partial charge in [0.25, 0.3) is 0 Å². The molecule has 1 aromatic heterocycles. The number of nitrogens with one attached hydrogen (secondary N) is 1. The highest BCUT2D eigenvalue weighted by molar-refractivity contribution is 9.24. The number of hydrogen-bond donors (Lipinski definition) is 1. The van der Waals surface area contributed by atoms with Gasteiger partial charge in [-0.2, -0.15) is 18.4 Å². The maximum absolute atomic E-state index is 12.6. The van der Waals surface area contributed by atoms with E-state index in [1.54, 1.807) is 24.3 Å². The fraction of sp³-hybridized carbons (Fsp3) is 0.382. The number of rotatable bonds is 8. The van der Waals surface area contributed by atoms with Crippen LogP contribution in [0.1, 0.15) is 47.9 Å². The molecule has 1 aromatic carbocycles. The first kappa shape index (κ1) is 40.6. The van der Waals surface area contributed by atoms with Crippen molar-refractivity contribution in [1.82, 2.24) is 20.1 Å². The van der Waals surface area contributed by atoms with Gasteiger partial charge in [0, 0.05) is 55.1 Å². The third-order valence-corrected chi connectivity index (χ3v) is 7.56. The molecule has 0 saturated carbocycles. The van der Waals surface area contributed by atoms with E-state index in [4.69, 9.17) is 9.68 Å². The Bertz CT molecular complexity index is 1470. The predicted octanol–water partition coefficient (Wildman–Crippen LogP) is 8.08. The maximum atomic E-state index is 12.6. The lowest BCUT2D eigenvalue weighted by Gasteiger charge is -2.35. The van der Waals surface area contributed by atoms with Gasteiger partial charge in [-0.3, -0.25) is 4.90 Å². The van der Waals surface area contributed by atoms with Crippen LogP contribution in [0.4, 0.5) is 13.2 Å². The van der Waals surface area contributed by atoms with Crippen molar-refractivity contribution in [2.45, 2.75) is 37.1 Å². The first-order chi connectivity index (χ1) is 22.1. The summed E-state index contributed by atoms with van der Waals surface area (Å²) in [4.78, 5) is 19.0. The number of oxazole rings is 1. The van der Waals surface area contributed by atoms with Crippen molar-refractivity contribution in [3.8, 4) is 18.9 Å². The first-order valence-electron chi connectivity index (χ1n) is 14.6. The van der Waals surface area contributed by atoms with Gasteiger partial charge in [0.15, 0.2) is 5.58 Å². The van der Waals surface area contributed by atoms with Crippen LogP contribution in [0.25, 0.3) is 16.7 Å². The van der Waals surface area contributed by atoms with Crippen LogP contribution in [0.3, 0.4) is 0 Å². The number of nitrogens with zero attached hydrogens (tertiary/aromatic N) is 4. The van der Waals surface area contributed by atoms with Gasteiger partial charge in [0.2, 0.25) is 5.89 Å². The third kappa shape index (κ3) is 12.4. The summed E-state index contributed by atoms with van der Waals surface area (Å²) in [5.74, 6) is 0.543. The molecule has 46 heavy (non-hydrogen) atoms. The lowest BCUT2D eigenvalue weighted by Crippen LogP contribution is -2.46. The molecule has 7 nitrogen and oxygen atoms in total. The molecule has 0 unspecified atom stereocenters. The predicted molar refractivity (Wildman–Crippen MR) is 187 cm³/mol. The zero-order chi connectivity index (χ0) is 34.7. The Hall–Kier alpha value is -3.42. The minimum Gasteiger partial charge on any atom is -0.436 e. The first-order valence-corrected chi connectivity index (χ1v) is 16.4. The molecule has 4 rings (SSSR count). The number of aromatic nitrogens is 1. The molecule has 12 heteroatoms. The lowest BCUT2D eigenvalue weighted by atomic mass is 10.1. The van der Waals surface area contributed by atoms with Crippen LogP contribution in [-0.4, -0.2) is 73.6 Å². The van der Waals surface area contributed by atoms with Crippen LogP contribution in [0.15, 0.2) is 70.4 Å². The van der Waals surface area contributed by atoms with E-state index < -0.39 is 11.7 Å². The summed E-state index contributed by atoms with van der Waals surface area (Å²) in [5, 5.41) is 12.2. The summed E-state index contributed by atoms with van der Waals surface area (Å²) in [7, 11) is 1.89. The highest BCUT2D eigenvalue weighted by Gasteiger charge is 2.32. The maximum Gasteiger partial charge on any atom is 0.412 e. The van der Waals surface area contributed by atoms with Crippen LogP contribution in [-0.2, 0) is 4.79 Å². The third-order valence-electron chi connectivity index (χ3n) is 6.58. The summed E-state index contributed by atoms with van der Waals surface area (Å²) >= 11 is 6.93. The quantitative estimate of drug-likeness (QED) is 0.126. The van der Waals surface area contributed by atoms with Gasteiger partial charge >= 0.3 is 6.18 Å². The second-order valence-electron chi connectivity index (χ2n) is 9.39. The van der Waals surface area contributed by atoms with Gasteiger partial charge in [0.1, 0.15) is 11.8 Å². The molecule has 0 spiro atoms. The Labute approximate surface area is 286 Å². The van der Waals surface area contributed by atoms with Crippen molar-refractivity contribution >= 4 is 54.8 Å². The highest BCUT2D eigenvalue weighted by Crippen LogP contribution is 2.37. The second-order valence-corrected chi connectivity index (χ2v) is 12.5. The molecule has 2 heterocycles. The number of fused-ring (bicyclic) bond motifs is 1. The molecule has 0 radical (unpaired) electrons. The van der Waals surface area contributed by atoms with Gasteiger partial charge in [-0.1, -0.05) is 76.1 Å². The van der Waals surface area contributed by atoms with E-state index in [2.05, 4.69) is 61.1 Å². The van der Waals surface area contributed by atoms with E-state index in [9.17, 15) is 18.0 Å². The number of alkyl halides is 5. The number of aldehydes is 1. The number of likely N-dealkylation sites (N-methyl/N-ethyl adjacent to an activating group) is 1. The number of carbonyl (C=O) groups is 1. The van der Waals surface area contributed by atoms with Crippen molar-refractivity contribution in [3.05, 3.63) is 83.0 Å². The average molecular weight is 768 g/mol. The van der Waals surface area contributed by atoms with Crippen molar-refractivity contribution < 1.29 is 22.4 Å². The van der Waals surface area contributed by atoms with Gasteiger partial charge in [-0.15, -0.1) is 12.8 Å². The molecule has 1 aliphatic carbocycles. The van der Waals surface area contributed by atoms with Crippen molar-refractivity contribution in [3.63, 3.8) is 0 Å².